The first-order valence-corrected chi connectivity index (χ1v) is 35.8. The van der Waals surface area contributed by atoms with Crippen molar-refractivity contribution in [1.82, 2.24) is 4.57 Å². The van der Waals surface area contributed by atoms with Crippen LogP contribution in [0.25, 0.3) is 82.5 Å². The van der Waals surface area contributed by atoms with Gasteiger partial charge in [0.15, 0.2) is 0 Å². The molecule has 1 aliphatic rings. The number of furan rings is 2. The normalized spacial score (nSPS) is 13.5. The SMILES string of the molecule is Cc1cccc(N(c2ccc(C(C)(C)C)cc2)c2cc3c(c4oc5ccccc5c24)-c2c(cc(N(c4ccc(C(C)(C)C)cc4)c4cccc(C)c4)c4c2oc2ccccc24)C3(c2ccc(C(C)(C)C)cc2)c2ccc3c(c2)c2cc(C(C)(C)C)ccc2n3-c2ccc(C(C)(C)C)cc2)c1. The maximum atomic E-state index is 7.79. The molecule has 0 aliphatic heterocycles. The standard InChI is InChI=1S/C95H91N3O2/c1-58-24-22-26-70(52-58)96(67-44-36-61(37-45-67)91(6,7)8)80-56-76-86(88-84(80)72-28-18-20-30-82(72)99-88)87-77(57-81(85-73-29-19-21-31-83(73)100-89(85)87)97(71-27-23-25-59(2)53-71)68-46-38-62(39-47-68)92(9,10)11)95(76,64-34-32-60(33-35-64)90(3,4)5)66-43-51-79-75(55-66)74-54-65(94(15,16)17)42-50-78(74)98(79)69-48-40-63(41-49-69)93(12,13)14/h18-57H,1-17H3. The fourth-order valence-electron chi connectivity index (χ4n) is 16.1. The molecule has 0 spiro atoms. The van der Waals surface area contributed by atoms with Crippen molar-refractivity contribution in [3.05, 3.63) is 304 Å². The lowest BCUT2D eigenvalue weighted by Crippen LogP contribution is -2.29. The predicted octanol–water partition coefficient (Wildman–Crippen LogP) is 27.0. The van der Waals surface area contributed by atoms with Crippen molar-refractivity contribution in [2.75, 3.05) is 9.80 Å². The number of benzene rings is 12. The third-order valence-corrected chi connectivity index (χ3v) is 21.5. The minimum atomic E-state index is -1.08. The van der Waals surface area contributed by atoms with Crippen LogP contribution in [-0.4, -0.2) is 4.57 Å². The number of hydrogen-bond donors (Lipinski definition) is 0. The molecule has 0 amide bonds. The first-order valence-electron chi connectivity index (χ1n) is 35.8. The number of para-hydroxylation sites is 2. The Hall–Kier alpha value is -10.4. The maximum absolute atomic E-state index is 7.79. The summed E-state index contributed by atoms with van der Waals surface area (Å²) >= 11 is 0. The Bertz CT molecular complexity index is 5510. The molecule has 0 N–H and O–H groups in total. The molecule has 5 heteroatoms. The molecule has 498 valence electrons. The molecule has 0 bridgehead atoms. The Morgan fingerprint density at radius 2 is 0.680 bits per heavy atom. The first-order chi connectivity index (χ1) is 47.5. The van der Waals surface area contributed by atoms with Gasteiger partial charge in [-0.15, -0.1) is 0 Å². The van der Waals surface area contributed by atoms with Gasteiger partial charge in [-0.1, -0.05) is 237 Å². The minimum absolute atomic E-state index is 0.00728. The van der Waals surface area contributed by atoms with E-state index in [1.807, 2.05) is 0 Å². The Morgan fingerprint density at radius 1 is 0.310 bits per heavy atom. The molecule has 5 nitrogen and oxygen atoms in total. The molecule has 0 atom stereocenters. The highest BCUT2D eigenvalue weighted by atomic mass is 16.3. The molecule has 0 unspecified atom stereocenters. The number of rotatable bonds is 9. The van der Waals surface area contributed by atoms with E-state index in [0.717, 1.165) is 128 Å². The molecule has 0 saturated carbocycles. The second-order valence-corrected chi connectivity index (χ2v) is 33.6. The van der Waals surface area contributed by atoms with Crippen LogP contribution in [0, 0.1) is 13.8 Å². The van der Waals surface area contributed by atoms with Crippen molar-refractivity contribution in [2.24, 2.45) is 0 Å². The average Bonchev–Trinajstić information content (AvgIpc) is 1.50. The van der Waals surface area contributed by atoms with E-state index in [0.29, 0.717) is 0 Å². The van der Waals surface area contributed by atoms with Gasteiger partial charge in [0.1, 0.15) is 22.3 Å². The van der Waals surface area contributed by atoms with E-state index in [2.05, 4.69) is 375 Å². The van der Waals surface area contributed by atoms with Gasteiger partial charge in [-0.25, -0.2) is 0 Å². The van der Waals surface area contributed by atoms with Crippen LogP contribution in [0.3, 0.4) is 0 Å². The van der Waals surface area contributed by atoms with Crippen LogP contribution >= 0.6 is 0 Å². The minimum Gasteiger partial charge on any atom is -0.455 e. The number of nitrogens with zero attached hydrogens (tertiary/aromatic N) is 3. The number of aromatic nitrogens is 1. The third kappa shape index (κ3) is 10.4. The van der Waals surface area contributed by atoms with Crippen LogP contribution in [0.4, 0.5) is 34.1 Å². The van der Waals surface area contributed by atoms with Crippen molar-refractivity contribution in [2.45, 2.75) is 150 Å². The van der Waals surface area contributed by atoms with Crippen LogP contribution in [0.15, 0.2) is 251 Å². The number of hydrogen-bond acceptors (Lipinski definition) is 4. The average molecular weight is 1310 g/mol. The van der Waals surface area contributed by atoms with Crippen LogP contribution in [0.1, 0.15) is 165 Å². The van der Waals surface area contributed by atoms with Gasteiger partial charge in [0.25, 0.3) is 0 Å². The lowest BCUT2D eigenvalue weighted by atomic mass is 9.66. The Balaban J connectivity index is 1.13. The van der Waals surface area contributed by atoms with Crippen molar-refractivity contribution >= 4 is 99.8 Å². The molecular formula is C95H91N3O2. The first kappa shape index (κ1) is 64.3. The van der Waals surface area contributed by atoms with Crippen molar-refractivity contribution in [3.8, 4) is 16.8 Å². The van der Waals surface area contributed by atoms with E-state index in [4.69, 9.17) is 8.83 Å². The summed E-state index contributed by atoms with van der Waals surface area (Å²) in [5.74, 6) is 0. The van der Waals surface area contributed by atoms with Gasteiger partial charge in [-0.2, -0.15) is 0 Å². The summed E-state index contributed by atoms with van der Waals surface area (Å²) in [7, 11) is 0. The van der Waals surface area contributed by atoms with Crippen molar-refractivity contribution in [3.63, 3.8) is 0 Å². The van der Waals surface area contributed by atoms with Crippen LogP contribution in [-0.2, 0) is 32.5 Å². The fourth-order valence-corrected chi connectivity index (χ4v) is 16.1. The van der Waals surface area contributed by atoms with Gasteiger partial charge in [-0.3, -0.25) is 0 Å². The maximum Gasteiger partial charge on any atom is 0.145 e. The molecule has 0 fully saturated rings. The van der Waals surface area contributed by atoms with Gasteiger partial charge in [-0.05, 0) is 211 Å². The van der Waals surface area contributed by atoms with E-state index in [1.54, 1.807) is 0 Å². The zero-order valence-corrected chi connectivity index (χ0v) is 61.3. The zero-order valence-electron chi connectivity index (χ0n) is 61.3. The molecule has 0 radical (unpaired) electrons. The smallest absolute Gasteiger partial charge is 0.145 e. The summed E-state index contributed by atoms with van der Waals surface area (Å²) in [6, 6.07) is 92.6. The van der Waals surface area contributed by atoms with Crippen LogP contribution in [0.5, 0.6) is 0 Å². The Morgan fingerprint density at radius 3 is 1.10 bits per heavy atom. The van der Waals surface area contributed by atoms with Gasteiger partial charge in [0.05, 0.1) is 38.6 Å². The van der Waals surface area contributed by atoms with Crippen LogP contribution in [0.2, 0.25) is 0 Å². The largest absolute Gasteiger partial charge is 0.455 e. The monoisotopic (exact) mass is 1310 g/mol. The van der Waals surface area contributed by atoms with Gasteiger partial charge >= 0.3 is 0 Å². The lowest BCUT2D eigenvalue weighted by molar-refractivity contribution is 0.589. The highest BCUT2D eigenvalue weighted by Crippen LogP contribution is 2.65. The summed E-state index contributed by atoms with van der Waals surface area (Å²) < 4.78 is 18.1. The molecule has 3 heterocycles. The molecule has 0 saturated heterocycles. The van der Waals surface area contributed by atoms with Crippen molar-refractivity contribution < 1.29 is 8.83 Å². The molecule has 1 aliphatic carbocycles. The summed E-state index contributed by atoms with van der Waals surface area (Å²) in [6.07, 6.45) is 0. The molecule has 12 aromatic carbocycles. The topological polar surface area (TPSA) is 37.7 Å². The number of fused-ring (bicyclic) bond motifs is 14. The second-order valence-electron chi connectivity index (χ2n) is 33.6. The highest BCUT2D eigenvalue weighted by Gasteiger charge is 2.51. The molecule has 15 aromatic rings. The highest BCUT2D eigenvalue weighted by molar-refractivity contribution is 6.25. The van der Waals surface area contributed by atoms with Gasteiger partial charge < -0.3 is 23.2 Å². The molecular weight excluding hydrogens is 1220 g/mol. The molecule has 16 rings (SSSR count). The quantitative estimate of drug-likeness (QED) is 0.144. The van der Waals surface area contributed by atoms with E-state index < -0.39 is 5.41 Å². The summed E-state index contributed by atoms with van der Waals surface area (Å²) in [4.78, 5) is 5.00. The van der Waals surface area contributed by atoms with Gasteiger partial charge in [0.2, 0.25) is 0 Å². The third-order valence-electron chi connectivity index (χ3n) is 21.5. The van der Waals surface area contributed by atoms with E-state index in [9.17, 15) is 0 Å². The fraction of sp³-hybridized carbons (Fsp3) is 0.242. The molecule has 100 heavy (non-hydrogen) atoms. The summed E-state index contributed by atoms with van der Waals surface area (Å²) in [5, 5.41) is 6.51. The summed E-state index contributed by atoms with van der Waals surface area (Å²) in [5.41, 5.74) is 26.6. The lowest BCUT2D eigenvalue weighted by Gasteiger charge is -2.36. The number of anilines is 6. The van der Waals surface area contributed by atoms with E-state index in [1.165, 1.54) is 49.7 Å². The van der Waals surface area contributed by atoms with Gasteiger partial charge in [0, 0.05) is 61.1 Å². The Labute approximate surface area is 590 Å². The molecule has 3 aromatic heterocycles. The van der Waals surface area contributed by atoms with Crippen LogP contribution < -0.4 is 9.80 Å². The Kier molecular flexibility index (Phi) is 14.7. The van der Waals surface area contributed by atoms with E-state index in [-0.39, 0.29) is 27.1 Å². The van der Waals surface area contributed by atoms with Crippen molar-refractivity contribution in [1.29, 1.82) is 0 Å². The van der Waals surface area contributed by atoms with E-state index >= 15 is 0 Å². The second kappa shape index (κ2) is 22.8. The zero-order chi connectivity index (χ0) is 69.9. The number of aryl methyl sites for hydroxylation is 2. The summed E-state index contributed by atoms with van der Waals surface area (Å²) in [6.45, 7) is 39.0. The predicted molar refractivity (Wildman–Crippen MR) is 425 cm³/mol.